The molecule has 0 saturated carbocycles. The van der Waals surface area contributed by atoms with E-state index in [1.165, 1.54) is 6.20 Å². The number of ether oxygens (including phenoxy) is 2. The Morgan fingerprint density at radius 2 is 1.89 bits per heavy atom. The van der Waals surface area contributed by atoms with Crippen LogP contribution < -0.4 is 10.1 Å². The molecule has 9 nitrogen and oxygen atoms in total. The van der Waals surface area contributed by atoms with Crippen LogP contribution in [0.3, 0.4) is 0 Å². The Bertz CT molecular complexity index is 1010. The summed E-state index contributed by atoms with van der Waals surface area (Å²) >= 11 is 0. The fourth-order valence-corrected chi connectivity index (χ4v) is 2.33. The van der Waals surface area contributed by atoms with Crippen molar-refractivity contribution < 1.29 is 24.2 Å². The quantitative estimate of drug-likeness (QED) is 0.674. The zero-order valence-corrected chi connectivity index (χ0v) is 15.0. The van der Waals surface area contributed by atoms with Gasteiger partial charge < -0.3 is 19.0 Å². The van der Waals surface area contributed by atoms with Gasteiger partial charge in [-0.15, -0.1) is 0 Å². The third-order valence-electron chi connectivity index (χ3n) is 3.29. The predicted molar refractivity (Wildman–Crippen MR) is 96.9 cm³/mol. The van der Waals surface area contributed by atoms with E-state index in [9.17, 15) is 9.59 Å². The molecule has 0 aliphatic rings. The monoisotopic (exact) mass is 370 g/mol. The summed E-state index contributed by atoms with van der Waals surface area (Å²) in [7, 11) is 0. The van der Waals surface area contributed by atoms with Crippen molar-refractivity contribution in [1.82, 2.24) is 14.4 Å². The molecule has 0 aliphatic carbocycles. The fraction of sp³-hybridized carbons (Fsp3) is 0.222. The molecule has 27 heavy (non-hydrogen) atoms. The van der Waals surface area contributed by atoms with Crippen LogP contribution in [0.5, 0.6) is 5.88 Å². The summed E-state index contributed by atoms with van der Waals surface area (Å²) in [6.45, 7) is 5.33. The molecule has 3 heterocycles. The van der Waals surface area contributed by atoms with Gasteiger partial charge in [0, 0.05) is 11.8 Å². The van der Waals surface area contributed by atoms with Crippen LogP contribution in [0.15, 0.2) is 42.7 Å². The number of amides is 1. The molecule has 1 amide bonds. The molecule has 140 valence electrons. The van der Waals surface area contributed by atoms with E-state index >= 15 is 0 Å². The van der Waals surface area contributed by atoms with E-state index < -0.39 is 17.8 Å². The first kappa shape index (κ1) is 18.2. The van der Waals surface area contributed by atoms with Crippen LogP contribution in [0.4, 0.5) is 15.4 Å². The number of hydrogen-bond acceptors (Lipinski definition) is 6. The second-order valence-electron chi connectivity index (χ2n) is 6.67. The first-order valence-electron chi connectivity index (χ1n) is 8.06. The maximum absolute atomic E-state index is 11.9. The van der Waals surface area contributed by atoms with Gasteiger partial charge in [0.25, 0.3) is 0 Å². The molecule has 9 heteroatoms. The predicted octanol–water partition coefficient (Wildman–Crippen LogP) is 3.80. The highest BCUT2D eigenvalue weighted by Gasteiger charge is 2.16. The number of fused-ring (bicyclic) bond motifs is 1. The van der Waals surface area contributed by atoms with E-state index in [-0.39, 0.29) is 5.88 Å². The SMILES string of the molecule is CC(C)(C)OC(=O)Nc1cccc(-c2ccc3nc(OC(=O)O)cn3c2)n1. The van der Waals surface area contributed by atoms with Crippen LogP contribution in [0, 0.1) is 0 Å². The number of rotatable bonds is 3. The summed E-state index contributed by atoms with van der Waals surface area (Å²) < 4.78 is 11.4. The number of imidazole rings is 1. The molecule has 0 aromatic carbocycles. The van der Waals surface area contributed by atoms with Crippen molar-refractivity contribution in [1.29, 1.82) is 0 Å². The molecule has 0 spiro atoms. The summed E-state index contributed by atoms with van der Waals surface area (Å²) in [5, 5.41) is 11.3. The molecule has 0 atom stereocenters. The zero-order chi connectivity index (χ0) is 19.6. The maximum atomic E-state index is 11.9. The highest BCUT2D eigenvalue weighted by molar-refractivity contribution is 5.84. The lowest BCUT2D eigenvalue weighted by molar-refractivity contribution is 0.0635. The molecule has 0 aliphatic heterocycles. The average Bonchev–Trinajstić information content (AvgIpc) is 2.93. The number of aromatic nitrogens is 3. The summed E-state index contributed by atoms with van der Waals surface area (Å²) in [6.07, 6.45) is 1.17. The molecule has 0 bridgehead atoms. The van der Waals surface area contributed by atoms with Gasteiger partial charge in [-0.3, -0.25) is 5.32 Å². The number of carboxylic acid groups (broad SMARTS) is 1. The number of nitrogens with zero attached hydrogens (tertiary/aromatic N) is 3. The van der Waals surface area contributed by atoms with Crippen LogP contribution in [-0.2, 0) is 4.74 Å². The van der Waals surface area contributed by atoms with Gasteiger partial charge in [-0.2, -0.15) is 4.98 Å². The summed E-state index contributed by atoms with van der Waals surface area (Å²) in [5.41, 5.74) is 1.27. The van der Waals surface area contributed by atoms with Crippen LogP contribution in [0.2, 0.25) is 0 Å². The Hall–Kier alpha value is -3.62. The smallest absolute Gasteiger partial charge is 0.449 e. The van der Waals surface area contributed by atoms with Crippen LogP contribution in [-0.4, -0.2) is 37.3 Å². The molecular weight excluding hydrogens is 352 g/mol. The van der Waals surface area contributed by atoms with Gasteiger partial charge in [-0.25, -0.2) is 14.6 Å². The van der Waals surface area contributed by atoms with E-state index in [1.54, 1.807) is 61.7 Å². The summed E-state index contributed by atoms with van der Waals surface area (Å²) in [4.78, 5) is 31.0. The van der Waals surface area contributed by atoms with Crippen molar-refractivity contribution in [3.8, 4) is 17.1 Å². The molecule has 0 fully saturated rings. The lowest BCUT2D eigenvalue weighted by atomic mass is 10.2. The van der Waals surface area contributed by atoms with Gasteiger partial charge in [0.15, 0.2) is 0 Å². The van der Waals surface area contributed by atoms with Gasteiger partial charge in [-0.05, 0) is 45.0 Å². The van der Waals surface area contributed by atoms with Gasteiger partial charge in [0.1, 0.15) is 17.1 Å². The van der Waals surface area contributed by atoms with Crippen molar-refractivity contribution in [2.24, 2.45) is 0 Å². The lowest BCUT2D eigenvalue weighted by Gasteiger charge is -2.19. The van der Waals surface area contributed by atoms with E-state index in [1.807, 2.05) is 0 Å². The first-order valence-corrected chi connectivity index (χ1v) is 8.06. The van der Waals surface area contributed by atoms with Crippen molar-refractivity contribution >= 4 is 23.7 Å². The summed E-state index contributed by atoms with van der Waals surface area (Å²) in [6, 6.07) is 8.69. The van der Waals surface area contributed by atoms with Crippen LogP contribution in [0.1, 0.15) is 20.8 Å². The van der Waals surface area contributed by atoms with Gasteiger partial charge >= 0.3 is 12.2 Å². The van der Waals surface area contributed by atoms with E-state index in [0.717, 1.165) is 5.56 Å². The van der Waals surface area contributed by atoms with E-state index in [0.29, 0.717) is 17.2 Å². The molecular formula is C18H18N4O5. The lowest BCUT2D eigenvalue weighted by Crippen LogP contribution is -2.27. The third kappa shape index (κ3) is 4.72. The summed E-state index contributed by atoms with van der Waals surface area (Å²) in [5.74, 6) is 0.329. The normalized spacial score (nSPS) is 11.2. The Balaban J connectivity index is 1.83. The minimum absolute atomic E-state index is 0.0204. The van der Waals surface area contributed by atoms with Crippen LogP contribution in [0.25, 0.3) is 16.9 Å². The third-order valence-corrected chi connectivity index (χ3v) is 3.29. The molecule has 3 aromatic heterocycles. The number of anilines is 1. The Kier molecular flexibility index (Phi) is 4.68. The van der Waals surface area contributed by atoms with Gasteiger partial charge in [-0.1, -0.05) is 6.07 Å². The minimum atomic E-state index is -1.43. The van der Waals surface area contributed by atoms with E-state index in [4.69, 9.17) is 9.84 Å². The number of carbonyl (C=O) groups is 2. The van der Waals surface area contributed by atoms with E-state index in [2.05, 4.69) is 20.0 Å². The Morgan fingerprint density at radius 1 is 1.11 bits per heavy atom. The highest BCUT2D eigenvalue weighted by Crippen LogP contribution is 2.22. The topological polar surface area (TPSA) is 115 Å². The molecule has 0 saturated heterocycles. The minimum Gasteiger partial charge on any atom is -0.449 e. The second kappa shape index (κ2) is 6.94. The van der Waals surface area contributed by atoms with Crippen molar-refractivity contribution in [3.63, 3.8) is 0 Å². The fourth-order valence-electron chi connectivity index (χ4n) is 2.33. The number of pyridine rings is 2. The molecule has 3 rings (SSSR count). The van der Waals surface area contributed by atoms with Crippen molar-refractivity contribution in [2.75, 3.05) is 5.32 Å². The van der Waals surface area contributed by atoms with Gasteiger partial charge in [0.2, 0.25) is 5.88 Å². The zero-order valence-electron chi connectivity index (χ0n) is 15.0. The highest BCUT2D eigenvalue weighted by atomic mass is 16.7. The first-order chi connectivity index (χ1) is 12.7. The molecule has 0 radical (unpaired) electrons. The standard InChI is InChI=1S/C18H18N4O5/c1-18(2,3)27-16(23)20-13-6-4-5-12(19-13)11-7-8-14-21-15(26-17(24)25)10-22(14)9-11/h4-10H,1-3H3,(H,24,25)(H,19,20,23). The number of hydrogen-bond donors (Lipinski definition) is 2. The Morgan fingerprint density at radius 3 is 2.59 bits per heavy atom. The van der Waals surface area contributed by atoms with Crippen LogP contribution >= 0.6 is 0 Å². The average molecular weight is 370 g/mol. The second-order valence-corrected chi connectivity index (χ2v) is 6.67. The number of carbonyl (C=O) groups excluding carboxylic acids is 1. The largest absolute Gasteiger partial charge is 0.512 e. The van der Waals surface area contributed by atoms with Gasteiger partial charge in [0.05, 0.1) is 11.9 Å². The Labute approximate surface area is 154 Å². The van der Waals surface area contributed by atoms with Crippen molar-refractivity contribution in [2.45, 2.75) is 26.4 Å². The molecule has 3 aromatic rings. The maximum Gasteiger partial charge on any atom is 0.512 e. The molecule has 2 N–H and O–H groups in total. The molecule has 0 unspecified atom stereocenters. The number of nitrogens with one attached hydrogen (secondary N) is 1. The van der Waals surface area contributed by atoms with Crippen molar-refractivity contribution in [3.05, 3.63) is 42.7 Å².